The van der Waals surface area contributed by atoms with Gasteiger partial charge in [0.05, 0.1) is 6.54 Å². The molecule has 0 fully saturated rings. The molecule has 0 heterocycles. The summed E-state index contributed by atoms with van der Waals surface area (Å²) in [6.45, 7) is 6.71. The van der Waals surface area contributed by atoms with Crippen LogP contribution in [0.4, 0.5) is 0 Å². The van der Waals surface area contributed by atoms with Crippen LogP contribution in [0.2, 0.25) is 0 Å². The van der Waals surface area contributed by atoms with Crippen molar-refractivity contribution in [1.29, 1.82) is 0 Å². The summed E-state index contributed by atoms with van der Waals surface area (Å²) in [7, 11) is 0. The Morgan fingerprint density at radius 2 is 1.70 bits per heavy atom. The van der Waals surface area contributed by atoms with Gasteiger partial charge < -0.3 is 16.0 Å². The highest BCUT2D eigenvalue weighted by molar-refractivity contribution is 6.02. The molecule has 1 aromatic carbocycles. The van der Waals surface area contributed by atoms with Crippen molar-refractivity contribution in [2.45, 2.75) is 33.2 Å². The second kappa shape index (κ2) is 8.12. The molecule has 0 saturated carbocycles. The molecule has 0 radical (unpaired) electrons. The first-order valence-corrected chi connectivity index (χ1v) is 7.31. The molecule has 6 nitrogen and oxygen atoms in total. The molecule has 0 unspecified atom stereocenters. The van der Waals surface area contributed by atoms with Gasteiger partial charge >= 0.3 is 0 Å². The summed E-state index contributed by atoms with van der Waals surface area (Å²) in [6, 6.07) is 9.12. The van der Waals surface area contributed by atoms with E-state index in [2.05, 4.69) is 16.0 Å². The molecule has 3 amide bonds. The zero-order chi connectivity index (χ0) is 17.5. The Hall–Kier alpha value is -2.63. The summed E-state index contributed by atoms with van der Waals surface area (Å²) < 4.78 is 0. The van der Waals surface area contributed by atoms with Crippen molar-refractivity contribution < 1.29 is 14.4 Å². The van der Waals surface area contributed by atoms with E-state index in [1.54, 1.807) is 18.2 Å². The molecule has 0 saturated heterocycles. The van der Waals surface area contributed by atoms with Gasteiger partial charge in [-0.25, -0.2) is 0 Å². The molecular formula is C17H23N3O3. The van der Waals surface area contributed by atoms with Crippen molar-refractivity contribution in [3.8, 4) is 0 Å². The summed E-state index contributed by atoms with van der Waals surface area (Å²) in [5, 5.41) is 7.72. The first-order chi connectivity index (χ1) is 10.7. The molecule has 23 heavy (non-hydrogen) atoms. The highest BCUT2D eigenvalue weighted by Gasteiger charge is 2.16. The summed E-state index contributed by atoms with van der Waals surface area (Å²) in [5.41, 5.74) is 0.486. The third-order valence-electron chi connectivity index (χ3n) is 2.59. The summed E-state index contributed by atoms with van der Waals surface area (Å²) in [4.78, 5) is 35.2. The van der Waals surface area contributed by atoms with E-state index in [-0.39, 0.29) is 29.6 Å². The average Bonchev–Trinajstić information content (AvgIpc) is 2.43. The second-order valence-electron chi connectivity index (χ2n) is 6.13. The first kappa shape index (κ1) is 18.4. The molecule has 124 valence electrons. The number of nitrogens with one attached hydrogen (secondary N) is 3. The van der Waals surface area contributed by atoms with Gasteiger partial charge in [0.1, 0.15) is 5.70 Å². The van der Waals surface area contributed by atoms with Crippen LogP contribution >= 0.6 is 0 Å². The number of amides is 3. The minimum atomic E-state index is -0.520. The van der Waals surface area contributed by atoms with Crippen molar-refractivity contribution in [3.63, 3.8) is 0 Å². The molecule has 1 aromatic rings. The largest absolute Gasteiger partial charge is 0.350 e. The maximum absolute atomic E-state index is 12.2. The molecule has 1 rings (SSSR count). The van der Waals surface area contributed by atoms with E-state index in [9.17, 15) is 14.4 Å². The van der Waals surface area contributed by atoms with Gasteiger partial charge in [-0.3, -0.25) is 14.4 Å². The monoisotopic (exact) mass is 317 g/mol. The smallest absolute Gasteiger partial charge is 0.268 e. The SMILES string of the molecule is CC(=O)N/C(=C\c1ccccc1)C(=O)NCC(=O)NC(C)(C)C. The number of benzene rings is 1. The Morgan fingerprint density at radius 3 is 2.22 bits per heavy atom. The number of hydrogen-bond donors (Lipinski definition) is 3. The van der Waals surface area contributed by atoms with Crippen LogP contribution in [0.25, 0.3) is 6.08 Å². The van der Waals surface area contributed by atoms with Gasteiger partial charge in [0.25, 0.3) is 5.91 Å². The van der Waals surface area contributed by atoms with Gasteiger partial charge in [0, 0.05) is 12.5 Å². The Balaban J connectivity index is 2.76. The molecule has 0 bridgehead atoms. The normalized spacial score (nSPS) is 11.6. The van der Waals surface area contributed by atoms with Gasteiger partial charge in [-0.1, -0.05) is 30.3 Å². The van der Waals surface area contributed by atoms with Crippen LogP contribution in [0.15, 0.2) is 36.0 Å². The standard InChI is InChI=1S/C17H23N3O3/c1-12(21)19-14(10-13-8-6-5-7-9-13)16(23)18-11-15(22)20-17(2,3)4/h5-10H,11H2,1-4H3,(H,18,23)(H,19,21)(H,20,22)/b14-10-. The van der Waals surface area contributed by atoms with Crippen LogP contribution in [-0.2, 0) is 14.4 Å². The zero-order valence-corrected chi connectivity index (χ0v) is 13.9. The highest BCUT2D eigenvalue weighted by atomic mass is 16.2. The number of carbonyl (C=O) groups is 3. The molecule has 0 aliphatic rings. The fraction of sp³-hybridized carbons (Fsp3) is 0.353. The van der Waals surface area contributed by atoms with Crippen LogP contribution in [-0.4, -0.2) is 29.8 Å². The lowest BCUT2D eigenvalue weighted by Crippen LogP contribution is -2.46. The van der Waals surface area contributed by atoms with Crippen molar-refractivity contribution >= 4 is 23.8 Å². The summed E-state index contributed by atoms with van der Waals surface area (Å²) in [6.07, 6.45) is 1.55. The van der Waals surface area contributed by atoms with Gasteiger partial charge in [-0.15, -0.1) is 0 Å². The topological polar surface area (TPSA) is 87.3 Å². The Kier molecular flexibility index (Phi) is 6.50. The molecule has 0 aromatic heterocycles. The van der Waals surface area contributed by atoms with E-state index in [1.807, 2.05) is 39.0 Å². The fourth-order valence-electron chi connectivity index (χ4n) is 1.78. The molecule has 6 heteroatoms. The van der Waals surface area contributed by atoms with E-state index in [0.29, 0.717) is 0 Å². The Bertz CT molecular complexity index is 601. The average molecular weight is 317 g/mol. The molecule has 0 aliphatic carbocycles. The Morgan fingerprint density at radius 1 is 1.09 bits per heavy atom. The number of rotatable bonds is 5. The first-order valence-electron chi connectivity index (χ1n) is 7.31. The molecule has 0 atom stereocenters. The van der Waals surface area contributed by atoms with E-state index in [4.69, 9.17) is 0 Å². The fourth-order valence-corrected chi connectivity index (χ4v) is 1.78. The highest BCUT2D eigenvalue weighted by Crippen LogP contribution is 2.05. The van der Waals surface area contributed by atoms with Crippen LogP contribution in [0.3, 0.4) is 0 Å². The van der Waals surface area contributed by atoms with Crippen LogP contribution in [0, 0.1) is 0 Å². The second-order valence-corrected chi connectivity index (χ2v) is 6.13. The predicted octanol–water partition coefficient (Wildman–Crippen LogP) is 1.19. The lowest BCUT2D eigenvalue weighted by molar-refractivity contribution is -0.125. The van der Waals surface area contributed by atoms with E-state index in [0.717, 1.165) is 5.56 Å². The third-order valence-corrected chi connectivity index (χ3v) is 2.59. The maximum Gasteiger partial charge on any atom is 0.268 e. The summed E-state index contributed by atoms with van der Waals surface area (Å²) in [5.74, 6) is -1.18. The molecule has 0 spiro atoms. The van der Waals surface area contributed by atoms with Gasteiger partial charge in [0.2, 0.25) is 11.8 Å². The van der Waals surface area contributed by atoms with Gasteiger partial charge in [-0.2, -0.15) is 0 Å². The zero-order valence-electron chi connectivity index (χ0n) is 13.9. The van der Waals surface area contributed by atoms with Crippen molar-refractivity contribution in [2.75, 3.05) is 6.54 Å². The predicted molar refractivity (Wildman–Crippen MR) is 89.1 cm³/mol. The van der Waals surface area contributed by atoms with Crippen molar-refractivity contribution in [2.24, 2.45) is 0 Å². The van der Waals surface area contributed by atoms with E-state index < -0.39 is 5.91 Å². The van der Waals surface area contributed by atoms with Crippen molar-refractivity contribution in [3.05, 3.63) is 41.6 Å². The number of carbonyl (C=O) groups excluding carboxylic acids is 3. The molecule has 3 N–H and O–H groups in total. The van der Waals surface area contributed by atoms with E-state index >= 15 is 0 Å². The molecule has 0 aliphatic heterocycles. The minimum absolute atomic E-state index is 0.0901. The van der Waals surface area contributed by atoms with Crippen molar-refractivity contribution in [1.82, 2.24) is 16.0 Å². The third kappa shape index (κ3) is 7.80. The lowest BCUT2D eigenvalue weighted by atomic mass is 10.1. The van der Waals surface area contributed by atoms with Gasteiger partial charge in [0.15, 0.2) is 0 Å². The van der Waals surface area contributed by atoms with Crippen LogP contribution in [0.5, 0.6) is 0 Å². The minimum Gasteiger partial charge on any atom is -0.350 e. The van der Waals surface area contributed by atoms with Gasteiger partial charge in [-0.05, 0) is 32.4 Å². The number of hydrogen-bond acceptors (Lipinski definition) is 3. The van der Waals surface area contributed by atoms with Crippen LogP contribution in [0.1, 0.15) is 33.3 Å². The van der Waals surface area contributed by atoms with E-state index in [1.165, 1.54) is 6.92 Å². The quantitative estimate of drug-likeness (QED) is 0.713. The summed E-state index contributed by atoms with van der Waals surface area (Å²) >= 11 is 0. The maximum atomic E-state index is 12.2. The lowest BCUT2D eigenvalue weighted by Gasteiger charge is -2.20. The molecular weight excluding hydrogens is 294 g/mol. The van der Waals surface area contributed by atoms with Crippen LogP contribution < -0.4 is 16.0 Å². The Labute approximate surface area is 136 Å².